The topological polar surface area (TPSA) is 111 Å². The molecule has 176 valence electrons. The van der Waals surface area contributed by atoms with Crippen molar-refractivity contribution in [2.24, 2.45) is 5.41 Å². The number of piperazine rings is 1. The van der Waals surface area contributed by atoms with Crippen molar-refractivity contribution in [3.63, 3.8) is 0 Å². The van der Waals surface area contributed by atoms with Crippen molar-refractivity contribution in [2.45, 2.75) is 25.8 Å². The average Bonchev–Trinajstić information content (AvgIpc) is 2.82. The molecule has 34 heavy (non-hydrogen) atoms. The summed E-state index contributed by atoms with van der Waals surface area (Å²) >= 11 is 0. The number of carbonyl (C=O) groups is 4. The molecule has 3 aliphatic heterocycles. The molecule has 3 N–H and O–H groups in total. The third-order valence-corrected chi connectivity index (χ3v) is 6.87. The molecular weight excluding hydrogens is 441 g/mol. The molecule has 0 unspecified atom stereocenters. The number of benzene rings is 2. The zero-order valence-corrected chi connectivity index (χ0v) is 18.6. The van der Waals surface area contributed by atoms with Crippen molar-refractivity contribution in [1.29, 1.82) is 0 Å². The molecule has 1 atom stereocenters. The van der Waals surface area contributed by atoms with E-state index in [4.69, 9.17) is 0 Å². The Labute approximate surface area is 195 Å². The number of rotatable bonds is 3. The zero-order valence-electron chi connectivity index (χ0n) is 18.6. The summed E-state index contributed by atoms with van der Waals surface area (Å²) in [6, 6.07) is 10.3. The van der Waals surface area contributed by atoms with Crippen LogP contribution in [0.15, 0.2) is 42.5 Å². The molecule has 0 aromatic heterocycles. The van der Waals surface area contributed by atoms with Crippen LogP contribution in [0.25, 0.3) is 0 Å². The number of para-hydroxylation sites is 1. The predicted molar refractivity (Wildman–Crippen MR) is 123 cm³/mol. The van der Waals surface area contributed by atoms with Crippen LogP contribution in [-0.2, 0) is 20.8 Å². The summed E-state index contributed by atoms with van der Waals surface area (Å²) in [4.78, 5) is 54.2. The van der Waals surface area contributed by atoms with Crippen LogP contribution in [0.5, 0.6) is 0 Å². The van der Waals surface area contributed by atoms with Gasteiger partial charge in [0.15, 0.2) is 5.41 Å². The number of anilines is 3. The Morgan fingerprint density at radius 3 is 2.53 bits per heavy atom. The predicted octanol–water partition coefficient (Wildman–Crippen LogP) is 1.78. The van der Waals surface area contributed by atoms with E-state index in [-0.39, 0.29) is 24.7 Å². The van der Waals surface area contributed by atoms with Gasteiger partial charge < -0.3 is 15.1 Å². The summed E-state index contributed by atoms with van der Waals surface area (Å²) < 4.78 is 14.6. The van der Waals surface area contributed by atoms with E-state index < -0.39 is 29.3 Å². The van der Waals surface area contributed by atoms with Crippen molar-refractivity contribution in [3.05, 3.63) is 53.8 Å². The maximum Gasteiger partial charge on any atom is 0.328 e. The van der Waals surface area contributed by atoms with E-state index in [1.54, 1.807) is 37.3 Å². The highest BCUT2D eigenvalue weighted by atomic mass is 19.1. The number of nitrogens with one attached hydrogen (secondary N) is 3. The smallest absolute Gasteiger partial charge is 0.328 e. The number of barbiturate groups is 1. The molecule has 1 spiro atoms. The summed E-state index contributed by atoms with van der Waals surface area (Å²) in [6.45, 7) is 2.87. The lowest BCUT2D eigenvalue weighted by atomic mass is 9.68. The minimum atomic E-state index is -1.60. The summed E-state index contributed by atoms with van der Waals surface area (Å²) in [5.74, 6) is -1.90. The molecule has 9 nitrogen and oxygen atoms in total. The fraction of sp³-hybridized carbons (Fsp3) is 0.333. The Morgan fingerprint density at radius 2 is 1.82 bits per heavy atom. The molecule has 2 aromatic rings. The van der Waals surface area contributed by atoms with Crippen LogP contribution >= 0.6 is 0 Å². The number of hydrogen-bond acceptors (Lipinski definition) is 6. The Kier molecular flexibility index (Phi) is 5.22. The maximum absolute atomic E-state index is 14.6. The molecule has 2 aromatic carbocycles. The van der Waals surface area contributed by atoms with Gasteiger partial charge in [-0.25, -0.2) is 9.18 Å². The molecule has 0 saturated carbocycles. The standard InChI is InChI=1S/C24H24FN5O4/c1-2-20(31)26-15-7-8-17-14(11-15)12-24(21(32)27-23(34)28-22(24)33)19-13-29(9-10-30(17)19)18-6-4-3-5-16(18)25/h3-8,11,19H,2,9-10,12-13H2,1H3,(H,26,31)(H2,27,28,32,33,34)/t19-/m0/s1. The van der Waals surface area contributed by atoms with Gasteiger partial charge in [0.1, 0.15) is 5.82 Å². The number of urea groups is 1. The normalized spacial score (nSPS) is 20.9. The van der Waals surface area contributed by atoms with Gasteiger partial charge in [-0.05, 0) is 42.3 Å². The lowest BCUT2D eigenvalue weighted by Gasteiger charge is -2.54. The lowest BCUT2D eigenvalue weighted by molar-refractivity contribution is -0.146. The second-order valence-electron chi connectivity index (χ2n) is 8.74. The minimum absolute atomic E-state index is 0.0371. The van der Waals surface area contributed by atoms with Gasteiger partial charge in [-0.2, -0.15) is 0 Å². The first-order chi connectivity index (χ1) is 16.3. The first-order valence-corrected chi connectivity index (χ1v) is 11.2. The Balaban J connectivity index is 1.59. The fourth-order valence-corrected chi connectivity index (χ4v) is 5.20. The molecule has 5 rings (SSSR count). The van der Waals surface area contributed by atoms with Crippen molar-refractivity contribution < 1.29 is 23.6 Å². The average molecular weight is 465 g/mol. The first kappa shape index (κ1) is 21.9. The summed E-state index contributed by atoms with van der Waals surface area (Å²) in [7, 11) is 0. The van der Waals surface area contributed by atoms with Crippen molar-refractivity contribution >= 4 is 40.8 Å². The zero-order chi connectivity index (χ0) is 24.0. The van der Waals surface area contributed by atoms with E-state index >= 15 is 0 Å². The molecule has 10 heteroatoms. The molecule has 0 bridgehead atoms. The molecular formula is C24H24FN5O4. The summed E-state index contributed by atoms with van der Waals surface area (Å²) in [5, 5.41) is 7.32. The van der Waals surface area contributed by atoms with E-state index in [1.165, 1.54) is 6.07 Å². The molecule has 3 aliphatic rings. The van der Waals surface area contributed by atoms with Gasteiger partial charge in [0.25, 0.3) is 0 Å². The van der Waals surface area contributed by atoms with E-state index in [0.717, 1.165) is 5.69 Å². The van der Waals surface area contributed by atoms with Crippen molar-refractivity contribution in [1.82, 2.24) is 10.6 Å². The van der Waals surface area contributed by atoms with Crippen LogP contribution in [-0.4, -0.2) is 49.4 Å². The van der Waals surface area contributed by atoms with Gasteiger partial charge in [-0.1, -0.05) is 19.1 Å². The largest absolute Gasteiger partial charge is 0.365 e. The fourth-order valence-electron chi connectivity index (χ4n) is 5.20. The minimum Gasteiger partial charge on any atom is -0.365 e. The van der Waals surface area contributed by atoms with E-state index in [9.17, 15) is 23.6 Å². The van der Waals surface area contributed by atoms with E-state index in [1.807, 2.05) is 15.9 Å². The first-order valence-electron chi connectivity index (χ1n) is 11.2. The maximum atomic E-state index is 14.6. The Bertz CT molecular complexity index is 1200. The van der Waals surface area contributed by atoms with E-state index in [0.29, 0.717) is 36.4 Å². The number of nitrogens with zero attached hydrogens (tertiary/aromatic N) is 2. The van der Waals surface area contributed by atoms with Crippen LogP contribution in [0.4, 0.5) is 26.2 Å². The van der Waals surface area contributed by atoms with Crippen molar-refractivity contribution in [2.75, 3.05) is 34.8 Å². The van der Waals surface area contributed by atoms with Gasteiger partial charge in [-0.3, -0.25) is 25.0 Å². The number of fused-ring (bicyclic) bond motifs is 4. The SMILES string of the molecule is CCC(=O)Nc1ccc2c(c1)CC1(C(=O)NC(=O)NC1=O)[C@@H]1CN(c3ccccc3F)CCN21. The van der Waals surface area contributed by atoms with Gasteiger partial charge >= 0.3 is 6.03 Å². The number of imide groups is 2. The lowest BCUT2D eigenvalue weighted by Crippen LogP contribution is -2.74. The van der Waals surface area contributed by atoms with Crippen LogP contribution in [0.2, 0.25) is 0 Å². The number of hydrogen-bond donors (Lipinski definition) is 3. The van der Waals surface area contributed by atoms with Crippen molar-refractivity contribution in [3.8, 4) is 0 Å². The molecule has 2 fully saturated rings. The van der Waals surface area contributed by atoms with Gasteiger partial charge in [0, 0.05) is 37.4 Å². The van der Waals surface area contributed by atoms with Crippen LogP contribution in [0.1, 0.15) is 18.9 Å². The van der Waals surface area contributed by atoms with Crippen LogP contribution < -0.4 is 25.8 Å². The Hall–Kier alpha value is -3.95. The number of carbonyl (C=O) groups excluding carboxylic acids is 4. The summed E-state index contributed by atoms with van der Waals surface area (Å²) in [5.41, 5.74) is 0.920. The monoisotopic (exact) mass is 465 g/mol. The third-order valence-electron chi connectivity index (χ3n) is 6.87. The molecule has 0 aliphatic carbocycles. The second-order valence-corrected chi connectivity index (χ2v) is 8.74. The highest BCUT2D eigenvalue weighted by Crippen LogP contribution is 2.45. The highest BCUT2D eigenvalue weighted by Gasteiger charge is 2.61. The van der Waals surface area contributed by atoms with Gasteiger partial charge in [-0.15, -0.1) is 0 Å². The molecule has 0 radical (unpaired) electrons. The Morgan fingerprint density at radius 1 is 1.09 bits per heavy atom. The molecule has 3 heterocycles. The quantitative estimate of drug-likeness (QED) is 0.596. The van der Waals surface area contributed by atoms with E-state index in [2.05, 4.69) is 16.0 Å². The van der Waals surface area contributed by atoms with Crippen LogP contribution in [0, 0.1) is 11.2 Å². The second kappa shape index (κ2) is 8.12. The summed E-state index contributed by atoms with van der Waals surface area (Å²) in [6.07, 6.45) is 0.351. The number of amides is 5. The third kappa shape index (κ3) is 3.37. The molecule has 2 saturated heterocycles. The van der Waals surface area contributed by atoms with Gasteiger partial charge in [0.05, 0.1) is 11.7 Å². The highest BCUT2D eigenvalue weighted by molar-refractivity contribution is 6.20. The van der Waals surface area contributed by atoms with Crippen LogP contribution in [0.3, 0.4) is 0 Å². The number of halogens is 1. The molecule has 5 amide bonds. The van der Waals surface area contributed by atoms with Gasteiger partial charge in [0.2, 0.25) is 17.7 Å².